The number of nitrogens with one attached hydrogen (secondary N) is 2. The fraction of sp³-hybridized carbons (Fsp3) is 0.421. The molecule has 0 unspecified atom stereocenters. The summed E-state index contributed by atoms with van der Waals surface area (Å²) in [6, 6.07) is 3.27. The van der Waals surface area contributed by atoms with Crippen LogP contribution < -0.4 is 10.6 Å². The van der Waals surface area contributed by atoms with Crippen molar-refractivity contribution in [2.24, 2.45) is 0 Å². The molecule has 0 saturated heterocycles. The Labute approximate surface area is 182 Å². The van der Waals surface area contributed by atoms with Gasteiger partial charge in [0, 0.05) is 50.9 Å². The Morgan fingerprint density at radius 1 is 1.00 bits per heavy atom. The molecule has 172 valence electrons. The highest BCUT2D eigenvalue weighted by molar-refractivity contribution is 6.12. The van der Waals surface area contributed by atoms with Crippen LogP contribution in [0.2, 0.25) is 0 Å². The summed E-state index contributed by atoms with van der Waals surface area (Å²) in [5, 5.41) is 27.2. The van der Waals surface area contributed by atoms with Crippen LogP contribution in [0.25, 0.3) is 0 Å². The number of ether oxygens (including phenoxy) is 1. The summed E-state index contributed by atoms with van der Waals surface area (Å²) in [7, 11) is 0. The molecule has 32 heavy (non-hydrogen) atoms. The van der Waals surface area contributed by atoms with Gasteiger partial charge in [0.25, 0.3) is 23.2 Å². The number of imide groups is 1. The quantitative estimate of drug-likeness (QED) is 0.183. The van der Waals surface area contributed by atoms with Gasteiger partial charge in [0.15, 0.2) is 0 Å². The lowest BCUT2D eigenvalue weighted by atomic mass is 10.2. The van der Waals surface area contributed by atoms with Crippen LogP contribution in [0.5, 0.6) is 0 Å². The first-order valence-electron chi connectivity index (χ1n) is 9.84. The zero-order chi connectivity index (χ0) is 23.5. The van der Waals surface area contributed by atoms with Crippen LogP contribution in [-0.4, -0.2) is 65.3 Å². The van der Waals surface area contributed by atoms with Gasteiger partial charge in [-0.1, -0.05) is 0 Å². The van der Waals surface area contributed by atoms with E-state index in [1.54, 1.807) is 0 Å². The molecule has 1 aliphatic heterocycles. The van der Waals surface area contributed by atoms with Gasteiger partial charge in [-0.3, -0.25) is 39.5 Å². The summed E-state index contributed by atoms with van der Waals surface area (Å²) in [5.41, 5.74) is -0.689. The van der Waals surface area contributed by atoms with Crippen molar-refractivity contribution in [1.82, 2.24) is 10.2 Å². The molecule has 0 aromatic heterocycles. The molecule has 0 fully saturated rings. The van der Waals surface area contributed by atoms with Crippen LogP contribution >= 0.6 is 0 Å². The predicted molar refractivity (Wildman–Crippen MR) is 112 cm³/mol. The number of non-ortho nitro benzene ring substituents is 1. The molecule has 0 aliphatic carbocycles. The smallest absolute Gasteiger partial charge is 0.299 e. The lowest BCUT2D eigenvalue weighted by Gasteiger charge is -2.13. The van der Waals surface area contributed by atoms with E-state index in [0.29, 0.717) is 26.0 Å². The fourth-order valence-electron chi connectivity index (χ4n) is 2.81. The van der Waals surface area contributed by atoms with E-state index in [-0.39, 0.29) is 55.2 Å². The normalized spacial score (nSPS) is 12.8. The van der Waals surface area contributed by atoms with Gasteiger partial charge in [0.1, 0.15) is 5.69 Å². The first-order chi connectivity index (χ1) is 15.3. The van der Waals surface area contributed by atoms with Crippen LogP contribution in [0.4, 0.5) is 17.1 Å². The Balaban J connectivity index is 1.55. The molecule has 0 radical (unpaired) electrons. The van der Waals surface area contributed by atoms with Crippen molar-refractivity contribution in [3.8, 4) is 0 Å². The average Bonchev–Trinajstić information content (AvgIpc) is 3.07. The molecule has 1 aliphatic rings. The van der Waals surface area contributed by atoms with Crippen LogP contribution in [0.3, 0.4) is 0 Å². The molecule has 2 rings (SSSR count). The highest BCUT2D eigenvalue weighted by atomic mass is 16.6. The molecule has 1 heterocycles. The Hall–Kier alpha value is -3.87. The minimum absolute atomic E-state index is 0.117. The third kappa shape index (κ3) is 7.43. The first kappa shape index (κ1) is 24.4. The molecular weight excluding hydrogens is 426 g/mol. The van der Waals surface area contributed by atoms with E-state index in [2.05, 4.69) is 10.6 Å². The van der Waals surface area contributed by atoms with Crippen molar-refractivity contribution in [2.75, 3.05) is 38.2 Å². The Kier molecular flexibility index (Phi) is 9.22. The van der Waals surface area contributed by atoms with Gasteiger partial charge in [0.05, 0.1) is 22.5 Å². The maximum atomic E-state index is 11.8. The second-order valence-corrected chi connectivity index (χ2v) is 6.72. The van der Waals surface area contributed by atoms with Crippen molar-refractivity contribution in [2.45, 2.75) is 19.3 Å². The van der Waals surface area contributed by atoms with Crippen LogP contribution in [0.1, 0.15) is 19.3 Å². The van der Waals surface area contributed by atoms with Gasteiger partial charge in [-0.05, 0) is 18.9 Å². The zero-order valence-electron chi connectivity index (χ0n) is 17.2. The van der Waals surface area contributed by atoms with Crippen molar-refractivity contribution in [1.29, 1.82) is 0 Å². The number of carbonyl (C=O) groups is 3. The summed E-state index contributed by atoms with van der Waals surface area (Å²) in [6.07, 6.45) is 3.84. The highest BCUT2D eigenvalue weighted by Crippen LogP contribution is 2.28. The maximum absolute atomic E-state index is 11.8. The summed E-state index contributed by atoms with van der Waals surface area (Å²) in [5.74, 6) is -0.889. The third-order valence-corrected chi connectivity index (χ3v) is 4.45. The van der Waals surface area contributed by atoms with Crippen molar-refractivity contribution in [3.63, 3.8) is 0 Å². The van der Waals surface area contributed by atoms with Gasteiger partial charge in [-0.2, -0.15) is 0 Å². The van der Waals surface area contributed by atoms with Crippen molar-refractivity contribution in [3.05, 3.63) is 50.6 Å². The lowest BCUT2D eigenvalue weighted by Crippen LogP contribution is -2.31. The largest absolute Gasteiger partial charge is 0.381 e. The molecule has 0 atom stereocenters. The van der Waals surface area contributed by atoms with E-state index >= 15 is 0 Å². The molecule has 1 aromatic rings. The highest BCUT2D eigenvalue weighted by Gasteiger charge is 2.22. The van der Waals surface area contributed by atoms with E-state index in [4.69, 9.17) is 4.74 Å². The lowest BCUT2D eigenvalue weighted by molar-refractivity contribution is -0.393. The van der Waals surface area contributed by atoms with E-state index < -0.39 is 15.5 Å². The second-order valence-electron chi connectivity index (χ2n) is 6.72. The van der Waals surface area contributed by atoms with Crippen LogP contribution in [0.15, 0.2) is 30.4 Å². The SMILES string of the molecule is O=C(CCOCCCCN1C(=O)C=CC1=O)NCCNc1ccc([N+](=O)[O-])cc1[N+](=O)[O-]. The number of hydrogen-bond donors (Lipinski definition) is 2. The maximum Gasteiger partial charge on any atom is 0.299 e. The van der Waals surface area contributed by atoms with Gasteiger partial charge in [0.2, 0.25) is 5.91 Å². The Bertz CT molecular complexity index is 899. The second kappa shape index (κ2) is 12.1. The molecule has 3 amide bonds. The van der Waals surface area contributed by atoms with Crippen molar-refractivity contribution >= 4 is 34.8 Å². The average molecular weight is 449 g/mol. The first-order valence-corrected chi connectivity index (χ1v) is 9.84. The minimum Gasteiger partial charge on any atom is -0.381 e. The number of amides is 3. The van der Waals surface area contributed by atoms with Crippen LogP contribution in [-0.2, 0) is 19.1 Å². The Morgan fingerprint density at radius 3 is 2.38 bits per heavy atom. The standard InChI is InChI=1S/C19H23N5O8/c25-17(7-12-32-11-2-1-10-22-18(26)5-6-19(22)27)21-9-8-20-15-4-3-14(23(28)29)13-16(15)24(30)31/h3-6,13,20H,1-2,7-12H2,(H,21,25). The molecule has 1 aromatic carbocycles. The zero-order valence-corrected chi connectivity index (χ0v) is 17.2. The number of nitro benzene ring substituents is 2. The molecular formula is C19H23N5O8. The van der Waals surface area contributed by atoms with Gasteiger partial charge < -0.3 is 15.4 Å². The number of nitro groups is 2. The number of hydrogen-bond acceptors (Lipinski definition) is 9. The fourth-order valence-corrected chi connectivity index (χ4v) is 2.81. The number of anilines is 1. The molecule has 0 spiro atoms. The summed E-state index contributed by atoms with van der Waals surface area (Å²) >= 11 is 0. The van der Waals surface area contributed by atoms with E-state index in [1.807, 2.05) is 0 Å². The number of unbranched alkanes of at least 4 members (excludes halogenated alkanes) is 1. The number of rotatable bonds is 14. The summed E-state index contributed by atoms with van der Waals surface area (Å²) in [4.78, 5) is 56.1. The van der Waals surface area contributed by atoms with Crippen LogP contribution in [0, 0.1) is 20.2 Å². The predicted octanol–water partition coefficient (Wildman–Crippen LogP) is 1.14. The number of benzene rings is 1. The third-order valence-electron chi connectivity index (χ3n) is 4.45. The molecule has 0 saturated carbocycles. The summed E-state index contributed by atoms with van der Waals surface area (Å²) in [6.45, 7) is 1.31. The van der Waals surface area contributed by atoms with E-state index in [0.717, 1.165) is 17.0 Å². The molecule has 13 nitrogen and oxygen atoms in total. The molecule has 0 bridgehead atoms. The number of carbonyl (C=O) groups excluding carboxylic acids is 3. The minimum atomic E-state index is -0.719. The molecule has 2 N–H and O–H groups in total. The van der Waals surface area contributed by atoms with Gasteiger partial charge in [-0.15, -0.1) is 0 Å². The number of nitrogens with zero attached hydrogens (tertiary/aromatic N) is 3. The van der Waals surface area contributed by atoms with Gasteiger partial charge in [-0.25, -0.2) is 0 Å². The monoisotopic (exact) mass is 449 g/mol. The van der Waals surface area contributed by atoms with Gasteiger partial charge >= 0.3 is 0 Å². The summed E-state index contributed by atoms with van der Waals surface area (Å²) < 4.78 is 5.36. The van der Waals surface area contributed by atoms with E-state index in [1.165, 1.54) is 18.2 Å². The van der Waals surface area contributed by atoms with E-state index in [9.17, 15) is 34.6 Å². The molecule has 13 heteroatoms. The topological polar surface area (TPSA) is 174 Å². The Morgan fingerprint density at radius 2 is 1.72 bits per heavy atom. The van der Waals surface area contributed by atoms with Crippen molar-refractivity contribution < 1.29 is 29.0 Å².